The fraction of sp³-hybridized carbons (Fsp3) is 0.0417. The molecule has 4 aromatic carbocycles. The number of aromatic nitrogens is 2. The van der Waals surface area contributed by atoms with Crippen LogP contribution in [-0.4, -0.2) is 4.57 Å². The van der Waals surface area contributed by atoms with E-state index in [1.165, 1.54) is 44.4 Å². The van der Waals surface area contributed by atoms with Gasteiger partial charge >= 0.3 is 0 Å². The molecule has 0 unspecified atom stereocenters. The highest BCUT2D eigenvalue weighted by molar-refractivity contribution is 5.93. The molecule has 1 aromatic heterocycles. The Morgan fingerprint density at radius 1 is 0.692 bits per heavy atom. The van der Waals surface area contributed by atoms with Crippen molar-refractivity contribution < 1.29 is 4.57 Å². The Labute approximate surface area is 151 Å². The minimum Gasteiger partial charge on any atom is -0.218 e. The standard InChI is InChI=1S/C24H17N2/c1-3-11-19-17(8-1)10-7-15-21(19)26-23-14-6-5-13-22(23)25-16-18-9-2-4-12-20(18)24(25)26/h1-15H,16H2/q+1. The molecule has 0 N–H and O–H groups in total. The smallest absolute Gasteiger partial charge is 0.218 e. The van der Waals surface area contributed by atoms with Crippen molar-refractivity contribution in [3.63, 3.8) is 0 Å². The first kappa shape index (κ1) is 13.9. The molecule has 0 saturated carbocycles. The first-order valence-corrected chi connectivity index (χ1v) is 9.01. The minimum absolute atomic E-state index is 0.934. The minimum atomic E-state index is 0.934. The maximum absolute atomic E-state index is 2.45. The Balaban J connectivity index is 1.81. The van der Waals surface area contributed by atoms with E-state index in [0.717, 1.165) is 6.54 Å². The highest BCUT2D eigenvalue weighted by Crippen LogP contribution is 2.35. The molecule has 0 aliphatic carbocycles. The molecule has 0 amide bonds. The third-order valence-electron chi connectivity index (χ3n) is 5.48. The third kappa shape index (κ3) is 1.73. The molecular formula is C24H17N2+. The highest BCUT2D eigenvalue weighted by atomic mass is 15.2. The zero-order valence-corrected chi connectivity index (χ0v) is 14.3. The van der Waals surface area contributed by atoms with Gasteiger partial charge in [-0.2, -0.15) is 4.57 Å². The average molecular weight is 333 g/mol. The number of rotatable bonds is 1. The van der Waals surface area contributed by atoms with E-state index in [4.69, 9.17) is 0 Å². The molecule has 0 fully saturated rings. The lowest BCUT2D eigenvalue weighted by molar-refractivity contribution is -0.645. The molecule has 0 saturated heterocycles. The van der Waals surface area contributed by atoms with Crippen LogP contribution in [-0.2, 0) is 6.54 Å². The van der Waals surface area contributed by atoms with Crippen LogP contribution in [0.25, 0.3) is 38.9 Å². The molecule has 1 aliphatic rings. The topological polar surface area (TPSA) is 8.81 Å². The Hall–Kier alpha value is -3.39. The number of nitrogens with zero attached hydrogens (tertiary/aromatic N) is 2. The molecule has 0 radical (unpaired) electrons. The van der Waals surface area contributed by atoms with Crippen molar-refractivity contribution in [2.24, 2.45) is 0 Å². The fourth-order valence-corrected chi connectivity index (χ4v) is 4.35. The first-order valence-electron chi connectivity index (χ1n) is 9.01. The lowest BCUT2D eigenvalue weighted by Gasteiger charge is -2.06. The van der Waals surface area contributed by atoms with E-state index in [1.807, 2.05) is 0 Å². The average Bonchev–Trinajstić information content (AvgIpc) is 3.22. The zero-order chi connectivity index (χ0) is 17.1. The Bertz CT molecular complexity index is 1310. The van der Waals surface area contributed by atoms with E-state index in [-0.39, 0.29) is 0 Å². The van der Waals surface area contributed by atoms with Crippen molar-refractivity contribution in [3.05, 3.63) is 96.6 Å². The number of hydrogen-bond donors (Lipinski definition) is 0. The molecule has 2 nitrogen and oxygen atoms in total. The molecule has 1 aliphatic heterocycles. The second-order valence-corrected chi connectivity index (χ2v) is 6.89. The summed E-state index contributed by atoms with van der Waals surface area (Å²) in [6.45, 7) is 0.934. The summed E-state index contributed by atoms with van der Waals surface area (Å²) >= 11 is 0. The van der Waals surface area contributed by atoms with Crippen LogP contribution >= 0.6 is 0 Å². The van der Waals surface area contributed by atoms with Crippen LogP contribution in [0.1, 0.15) is 5.56 Å². The van der Waals surface area contributed by atoms with Gasteiger partial charge in [0.15, 0.2) is 11.0 Å². The number of para-hydroxylation sites is 2. The lowest BCUT2D eigenvalue weighted by atomic mass is 10.1. The number of benzene rings is 4. The van der Waals surface area contributed by atoms with Gasteiger partial charge in [-0.25, -0.2) is 4.57 Å². The molecule has 6 rings (SSSR count). The van der Waals surface area contributed by atoms with E-state index in [1.54, 1.807) is 0 Å². The second-order valence-electron chi connectivity index (χ2n) is 6.89. The molecule has 26 heavy (non-hydrogen) atoms. The quantitative estimate of drug-likeness (QED) is 0.370. The third-order valence-corrected chi connectivity index (χ3v) is 5.48. The van der Waals surface area contributed by atoms with E-state index in [2.05, 4.69) is 100 Å². The van der Waals surface area contributed by atoms with E-state index in [0.29, 0.717) is 0 Å². The van der Waals surface area contributed by atoms with Crippen LogP contribution in [0.5, 0.6) is 0 Å². The summed E-state index contributed by atoms with van der Waals surface area (Å²) in [5.41, 5.74) is 6.50. The lowest BCUT2D eigenvalue weighted by Crippen LogP contribution is -2.31. The van der Waals surface area contributed by atoms with E-state index >= 15 is 0 Å². The summed E-state index contributed by atoms with van der Waals surface area (Å²) in [5.74, 6) is 1.28. The van der Waals surface area contributed by atoms with Crippen LogP contribution in [0.4, 0.5) is 0 Å². The van der Waals surface area contributed by atoms with Gasteiger partial charge in [-0.05, 0) is 29.7 Å². The molecule has 0 atom stereocenters. The number of hydrogen-bond acceptors (Lipinski definition) is 0. The number of imidazole rings is 1. The summed E-state index contributed by atoms with van der Waals surface area (Å²) in [6.07, 6.45) is 0. The summed E-state index contributed by atoms with van der Waals surface area (Å²) in [5, 5.41) is 2.55. The van der Waals surface area contributed by atoms with Crippen LogP contribution in [0.3, 0.4) is 0 Å². The van der Waals surface area contributed by atoms with Crippen molar-refractivity contribution in [1.29, 1.82) is 0 Å². The Morgan fingerprint density at radius 3 is 2.46 bits per heavy atom. The molecule has 5 aromatic rings. The molecule has 2 heterocycles. The summed E-state index contributed by atoms with van der Waals surface area (Å²) in [7, 11) is 0. The predicted octanol–water partition coefficient (Wildman–Crippen LogP) is 5.10. The van der Waals surface area contributed by atoms with Crippen LogP contribution in [0.15, 0.2) is 91.0 Å². The van der Waals surface area contributed by atoms with Crippen molar-refractivity contribution in [1.82, 2.24) is 4.57 Å². The predicted molar refractivity (Wildman–Crippen MR) is 106 cm³/mol. The molecule has 2 heteroatoms. The molecule has 0 spiro atoms. The fourth-order valence-electron chi connectivity index (χ4n) is 4.35. The Kier molecular flexibility index (Phi) is 2.69. The first-order chi connectivity index (χ1) is 12.9. The summed E-state index contributed by atoms with van der Waals surface area (Å²) in [6, 6.07) is 32.7. The van der Waals surface area contributed by atoms with Crippen molar-refractivity contribution >= 4 is 21.8 Å². The number of fused-ring (bicyclic) bond motifs is 6. The van der Waals surface area contributed by atoms with Crippen molar-refractivity contribution in [2.45, 2.75) is 6.54 Å². The van der Waals surface area contributed by atoms with Crippen LogP contribution < -0.4 is 4.57 Å². The van der Waals surface area contributed by atoms with Crippen LogP contribution in [0, 0.1) is 0 Å². The zero-order valence-electron chi connectivity index (χ0n) is 14.3. The van der Waals surface area contributed by atoms with Crippen molar-refractivity contribution in [3.8, 4) is 17.1 Å². The van der Waals surface area contributed by atoms with Gasteiger partial charge < -0.3 is 0 Å². The van der Waals surface area contributed by atoms with Gasteiger partial charge in [0.2, 0.25) is 0 Å². The highest BCUT2D eigenvalue weighted by Gasteiger charge is 2.34. The largest absolute Gasteiger partial charge is 0.295 e. The van der Waals surface area contributed by atoms with Gasteiger partial charge in [-0.15, -0.1) is 0 Å². The molecule has 0 bridgehead atoms. The molecular weight excluding hydrogens is 316 g/mol. The van der Waals surface area contributed by atoms with Crippen LogP contribution in [0.2, 0.25) is 0 Å². The van der Waals surface area contributed by atoms with E-state index < -0.39 is 0 Å². The maximum atomic E-state index is 2.45. The van der Waals surface area contributed by atoms with E-state index in [9.17, 15) is 0 Å². The summed E-state index contributed by atoms with van der Waals surface area (Å²) < 4.78 is 4.88. The van der Waals surface area contributed by atoms with Gasteiger partial charge in [0.25, 0.3) is 5.82 Å². The monoisotopic (exact) mass is 333 g/mol. The van der Waals surface area contributed by atoms with Gasteiger partial charge in [0.1, 0.15) is 12.2 Å². The normalized spacial score (nSPS) is 12.5. The maximum Gasteiger partial charge on any atom is 0.295 e. The SMILES string of the molecule is c1ccc2c(c1)C[n+]1c-2n(-c2cccc3ccccc23)c2ccccc21. The van der Waals surface area contributed by atoms with Gasteiger partial charge in [0, 0.05) is 10.9 Å². The summed E-state index contributed by atoms with van der Waals surface area (Å²) in [4.78, 5) is 0. The molecule has 122 valence electrons. The van der Waals surface area contributed by atoms with Gasteiger partial charge in [0.05, 0.1) is 5.56 Å². The Morgan fingerprint density at radius 2 is 1.46 bits per heavy atom. The van der Waals surface area contributed by atoms with Gasteiger partial charge in [-0.3, -0.25) is 0 Å². The van der Waals surface area contributed by atoms with Crippen molar-refractivity contribution in [2.75, 3.05) is 0 Å². The van der Waals surface area contributed by atoms with Gasteiger partial charge in [-0.1, -0.05) is 66.7 Å². The second kappa shape index (κ2) is 5.06.